The van der Waals surface area contributed by atoms with Gasteiger partial charge in [0.05, 0.1) is 14.9 Å². The number of benzene rings is 3. The molecule has 156 valence electrons. The van der Waals surface area contributed by atoms with Crippen LogP contribution in [0.5, 0.6) is 0 Å². The summed E-state index contributed by atoms with van der Waals surface area (Å²) < 4.78 is 29.2. The van der Waals surface area contributed by atoms with Crippen molar-refractivity contribution in [2.24, 2.45) is 0 Å². The number of hydrogen-bond acceptors (Lipinski definition) is 3. The molecule has 0 spiro atoms. The first kappa shape index (κ1) is 23.0. The molecule has 3 rings (SSSR count). The van der Waals surface area contributed by atoms with E-state index >= 15 is 0 Å². The summed E-state index contributed by atoms with van der Waals surface area (Å²) in [6.45, 7) is 0. The van der Waals surface area contributed by atoms with Gasteiger partial charge in [-0.25, -0.2) is 8.42 Å². The van der Waals surface area contributed by atoms with Gasteiger partial charge in [0, 0.05) is 9.26 Å². The van der Waals surface area contributed by atoms with E-state index in [1.54, 1.807) is 24.3 Å². The van der Waals surface area contributed by atoms with E-state index in [1.807, 2.05) is 30.3 Å². The van der Waals surface area contributed by atoms with Crippen molar-refractivity contribution in [2.45, 2.75) is 17.4 Å². The van der Waals surface area contributed by atoms with Crippen LogP contribution in [0.1, 0.15) is 5.56 Å². The number of carbonyl (C=O) groups is 1. The molecular formula is C21H17Cl2IN2O3S. The van der Waals surface area contributed by atoms with Crippen LogP contribution in [-0.2, 0) is 21.2 Å². The molecule has 0 aliphatic carbocycles. The van der Waals surface area contributed by atoms with E-state index in [9.17, 15) is 13.2 Å². The van der Waals surface area contributed by atoms with E-state index in [-0.39, 0.29) is 16.3 Å². The van der Waals surface area contributed by atoms with Crippen LogP contribution in [0.2, 0.25) is 10.0 Å². The molecule has 0 aliphatic rings. The summed E-state index contributed by atoms with van der Waals surface area (Å²) in [4.78, 5) is 13.0. The zero-order chi connectivity index (χ0) is 21.7. The number of nitrogens with one attached hydrogen (secondary N) is 2. The van der Waals surface area contributed by atoms with Crippen LogP contribution in [0.3, 0.4) is 0 Å². The molecule has 0 aliphatic heterocycles. The number of amides is 1. The van der Waals surface area contributed by atoms with Crippen molar-refractivity contribution in [1.82, 2.24) is 4.72 Å². The third kappa shape index (κ3) is 6.18. The Balaban J connectivity index is 1.86. The predicted molar refractivity (Wildman–Crippen MR) is 129 cm³/mol. The second-order valence-corrected chi connectivity index (χ2v) is 10.2. The first-order chi connectivity index (χ1) is 14.2. The SMILES string of the molecule is O=C(Nc1ccc(Cl)c(Cl)c1)[C@@H](Cc1ccccc1)NS(=O)(=O)c1ccc(I)cc1. The van der Waals surface area contributed by atoms with E-state index in [1.165, 1.54) is 18.2 Å². The van der Waals surface area contributed by atoms with Gasteiger partial charge in [-0.3, -0.25) is 4.79 Å². The van der Waals surface area contributed by atoms with Crippen molar-refractivity contribution >= 4 is 67.4 Å². The fourth-order valence-electron chi connectivity index (χ4n) is 2.71. The van der Waals surface area contributed by atoms with E-state index in [4.69, 9.17) is 23.2 Å². The van der Waals surface area contributed by atoms with Crippen molar-refractivity contribution in [2.75, 3.05) is 5.32 Å². The van der Waals surface area contributed by atoms with Gasteiger partial charge in [-0.15, -0.1) is 0 Å². The molecule has 1 amide bonds. The number of rotatable bonds is 7. The Morgan fingerprint density at radius 2 is 1.60 bits per heavy atom. The van der Waals surface area contributed by atoms with E-state index in [0.717, 1.165) is 9.13 Å². The number of hydrogen-bond donors (Lipinski definition) is 2. The highest BCUT2D eigenvalue weighted by Gasteiger charge is 2.26. The lowest BCUT2D eigenvalue weighted by Crippen LogP contribution is -2.45. The van der Waals surface area contributed by atoms with Gasteiger partial charge < -0.3 is 5.32 Å². The third-order valence-corrected chi connectivity index (χ3v) is 7.15. The molecule has 9 heteroatoms. The number of carbonyl (C=O) groups excluding carboxylic acids is 1. The quantitative estimate of drug-likeness (QED) is 0.384. The van der Waals surface area contributed by atoms with Crippen molar-refractivity contribution in [3.05, 3.63) is 92.0 Å². The maximum atomic E-state index is 13.0. The van der Waals surface area contributed by atoms with Gasteiger partial charge in [0.15, 0.2) is 0 Å². The number of halogens is 3. The lowest BCUT2D eigenvalue weighted by Gasteiger charge is -2.19. The average molecular weight is 575 g/mol. The van der Waals surface area contributed by atoms with Gasteiger partial charge in [0.1, 0.15) is 6.04 Å². The van der Waals surface area contributed by atoms with Crippen molar-refractivity contribution in [1.29, 1.82) is 0 Å². The third-order valence-electron chi connectivity index (χ3n) is 4.21. The van der Waals surface area contributed by atoms with Crippen molar-refractivity contribution in [3.63, 3.8) is 0 Å². The normalized spacial score (nSPS) is 12.4. The van der Waals surface area contributed by atoms with Gasteiger partial charge in [-0.1, -0.05) is 53.5 Å². The van der Waals surface area contributed by atoms with Gasteiger partial charge >= 0.3 is 0 Å². The molecule has 0 radical (unpaired) electrons. The molecule has 3 aromatic rings. The van der Waals surface area contributed by atoms with E-state index in [2.05, 4.69) is 32.6 Å². The first-order valence-electron chi connectivity index (χ1n) is 8.82. The first-order valence-corrected chi connectivity index (χ1v) is 12.1. The van der Waals surface area contributed by atoms with Gasteiger partial charge in [0.25, 0.3) is 0 Å². The maximum Gasteiger partial charge on any atom is 0.242 e. The molecule has 0 heterocycles. The second kappa shape index (κ2) is 10.1. The largest absolute Gasteiger partial charge is 0.325 e. The molecule has 0 saturated heterocycles. The van der Waals surface area contributed by atoms with E-state index in [0.29, 0.717) is 10.7 Å². The van der Waals surface area contributed by atoms with E-state index < -0.39 is 22.0 Å². The van der Waals surface area contributed by atoms with Crippen LogP contribution in [-0.4, -0.2) is 20.4 Å². The Bertz CT molecular complexity index is 1140. The lowest BCUT2D eigenvalue weighted by atomic mass is 10.1. The molecule has 1 atom stereocenters. The van der Waals surface area contributed by atoms with Crippen LogP contribution in [0.25, 0.3) is 0 Å². The topological polar surface area (TPSA) is 75.3 Å². The highest BCUT2D eigenvalue weighted by atomic mass is 127. The summed E-state index contributed by atoms with van der Waals surface area (Å²) in [5, 5.41) is 3.35. The van der Waals surface area contributed by atoms with Gasteiger partial charge in [-0.05, 0) is 77.0 Å². The summed E-state index contributed by atoms with van der Waals surface area (Å²) in [5.41, 5.74) is 1.23. The highest BCUT2D eigenvalue weighted by Crippen LogP contribution is 2.25. The highest BCUT2D eigenvalue weighted by molar-refractivity contribution is 14.1. The lowest BCUT2D eigenvalue weighted by molar-refractivity contribution is -0.117. The predicted octanol–water partition coefficient (Wildman–Crippen LogP) is 5.13. The smallest absolute Gasteiger partial charge is 0.242 e. The zero-order valence-electron chi connectivity index (χ0n) is 15.5. The van der Waals surface area contributed by atoms with Crippen molar-refractivity contribution in [3.8, 4) is 0 Å². The summed E-state index contributed by atoms with van der Waals surface area (Å²) >= 11 is 14.0. The van der Waals surface area contributed by atoms with Crippen LogP contribution in [0.4, 0.5) is 5.69 Å². The molecule has 30 heavy (non-hydrogen) atoms. The number of anilines is 1. The van der Waals surface area contributed by atoms with Gasteiger partial charge in [0.2, 0.25) is 15.9 Å². The molecule has 0 aromatic heterocycles. The number of sulfonamides is 1. The minimum atomic E-state index is -3.91. The minimum absolute atomic E-state index is 0.0864. The Hall–Kier alpha value is -1.65. The minimum Gasteiger partial charge on any atom is -0.325 e. The molecular weight excluding hydrogens is 558 g/mol. The zero-order valence-corrected chi connectivity index (χ0v) is 20.0. The summed E-state index contributed by atoms with van der Waals surface area (Å²) in [6.07, 6.45) is 0.178. The standard InChI is InChI=1S/C21H17Cl2IN2O3S/c22-18-11-8-16(13-19(18)23)25-21(27)20(12-14-4-2-1-3-5-14)26-30(28,29)17-9-6-15(24)7-10-17/h1-11,13,20,26H,12H2,(H,25,27)/t20-/m1/s1. The molecule has 0 bridgehead atoms. The molecule has 0 fully saturated rings. The Labute approximate surface area is 199 Å². The Morgan fingerprint density at radius 1 is 0.933 bits per heavy atom. The van der Waals surface area contributed by atoms with Gasteiger partial charge in [-0.2, -0.15) is 4.72 Å². The fourth-order valence-corrected chi connectivity index (χ4v) is 4.56. The van der Waals surface area contributed by atoms with Crippen LogP contribution < -0.4 is 10.0 Å². The summed E-state index contributed by atoms with van der Waals surface area (Å²) in [6, 6.07) is 19.2. The maximum absolute atomic E-state index is 13.0. The summed E-state index contributed by atoms with van der Waals surface area (Å²) in [5.74, 6) is -0.508. The Morgan fingerprint density at radius 3 is 2.23 bits per heavy atom. The van der Waals surface area contributed by atoms with Crippen LogP contribution >= 0.6 is 45.8 Å². The average Bonchev–Trinajstić information content (AvgIpc) is 2.71. The molecule has 5 nitrogen and oxygen atoms in total. The van der Waals surface area contributed by atoms with Crippen molar-refractivity contribution < 1.29 is 13.2 Å². The Kier molecular flexibility index (Phi) is 7.75. The second-order valence-electron chi connectivity index (χ2n) is 6.44. The molecule has 0 saturated carbocycles. The molecule has 0 unspecified atom stereocenters. The van der Waals surface area contributed by atoms with Crippen LogP contribution in [0.15, 0.2) is 77.7 Å². The molecule has 3 aromatic carbocycles. The summed E-state index contributed by atoms with van der Waals surface area (Å²) in [7, 11) is -3.91. The van der Waals surface area contributed by atoms with Crippen LogP contribution in [0, 0.1) is 3.57 Å². The molecule has 2 N–H and O–H groups in total. The fraction of sp³-hybridized carbons (Fsp3) is 0.0952. The monoisotopic (exact) mass is 574 g/mol.